The number of carbonyl (C=O) groups is 3. The Hall–Kier alpha value is -5.41. The Labute approximate surface area is 308 Å². The van der Waals surface area contributed by atoms with Crippen molar-refractivity contribution in [1.29, 1.82) is 0 Å². The molecule has 3 heterocycles. The van der Waals surface area contributed by atoms with Crippen molar-refractivity contribution in [2.45, 2.75) is 58.3 Å². The Bertz CT molecular complexity index is 1790. The summed E-state index contributed by atoms with van der Waals surface area (Å²) in [5.74, 6) is 2.04. The van der Waals surface area contributed by atoms with Crippen LogP contribution in [0.3, 0.4) is 0 Å². The fraction of sp³-hybridized carbons (Fsp3) is 0.447. The first-order valence-electron chi connectivity index (χ1n) is 17.8. The number of fused-ring (bicyclic) bond motifs is 3. The van der Waals surface area contributed by atoms with Crippen molar-refractivity contribution in [1.82, 2.24) is 9.80 Å². The second kappa shape index (κ2) is 16.9. The lowest BCUT2D eigenvalue weighted by molar-refractivity contribution is -0.0115. The molecule has 0 fully saturated rings. The van der Waals surface area contributed by atoms with Crippen LogP contribution in [0.4, 0.5) is 26.7 Å². The first-order valence-corrected chi connectivity index (χ1v) is 17.8. The zero-order chi connectivity index (χ0) is 37.5. The molecule has 53 heavy (non-hydrogen) atoms. The van der Waals surface area contributed by atoms with E-state index >= 15 is 0 Å². The Morgan fingerprint density at radius 3 is 2.08 bits per heavy atom. The lowest BCUT2D eigenvalue weighted by Crippen LogP contribution is -2.48. The fourth-order valence-electron chi connectivity index (χ4n) is 6.28. The maximum atomic E-state index is 14.5. The highest BCUT2D eigenvalue weighted by Crippen LogP contribution is 2.35. The van der Waals surface area contributed by atoms with E-state index < -0.39 is 18.2 Å². The number of urea groups is 2. The predicted octanol–water partition coefficient (Wildman–Crippen LogP) is 5.75. The van der Waals surface area contributed by atoms with Crippen LogP contribution < -0.4 is 39.6 Å². The third-order valence-electron chi connectivity index (χ3n) is 9.36. The van der Waals surface area contributed by atoms with E-state index in [0.29, 0.717) is 58.8 Å². The van der Waals surface area contributed by atoms with E-state index in [1.165, 1.54) is 0 Å². The number of amides is 5. The average molecular weight is 734 g/mol. The summed E-state index contributed by atoms with van der Waals surface area (Å²) in [6.07, 6.45) is 1.64. The monoisotopic (exact) mass is 733 g/mol. The molecule has 6 rings (SSSR count). The number of carbonyl (C=O) groups excluding carboxylic acids is 3. The summed E-state index contributed by atoms with van der Waals surface area (Å²) in [5, 5.41) is 18.8. The summed E-state index contributed by atoms with van der Waals surface area (Å²) in [6, 6.07) is 13.8. The standard InChI is InChI=1S/C38H47N5O10/c1-23-18-43(24(2)20-44)36(45)29-15-26(39-37(46)40-27-9-12-31-33(16-27)51-21-49-31)8-11-30(29)53-25(3)7-5-6-14-48-35(23)19-42(4)38(47)41-28-10-13-32-34(17-28)52-22-50-32/h8-13,15-17,23-25,35,44H,5-7,14,18-22H2,1-4H3,(H,41,47)(H2,39,40,46)/t23-,24-,25-,35+/m1/s1. The quantitative estimate of drug-likeness (QED) is 0.235. The van der Waals surface area contributed by atoms with Crippen LogP contribution >= 0.6 is 0 Å². The van der Waals surface area contributed by atoms with Gasteiger partial charge in [0.2, 0.25) is 13.6 Å². The first kappa shape index (κ1) is 37.4. The van der Waals surface area contributed by atoms with Crippen LogP contribution in [0, 0.1) is 5.92 Å². The van der Waals surface area contributed by atoms with Crippen LogP contribution in [-0.4, -0.2) is 98.1 Å². The van der Waals surface area contributed by atoms with Crippen molar-refractivity contribution in [3.05, 3.63) is 60.2 Å². The van der Waals surface area contributed by atoms with E-state index in [1.54, 1.807) is 78.4 Å². The highest BCUT2D eigenvalue weighted by molar-refractivity contribution is 6.02. The number of aliphatic hydroxyl groups excluding tert-OH is 1. The van der Waals surface area contributed by atoms with Gasteiger partial charge in [-0.3, -0.25) is 4.79 Å². The van der Waals surface area contributed by atoms with Crippen LogP contribution in [0.25, 0.3) is 0 Å². The van der Waals surface area contributed by atoms with Gasteiger partial charge in [-0.1, -0.05) is 6.92 Å². The Morgan fingerprint density at radius 2 is 1.43 bits per heavy atom. The molecule has 0 unspecified atom stereocenters. The second-order valence-electron chi connectivity index (χ2n) is 13.5. The van der Waals surface area contributed by atoms with E-state index in [2.05, 4.69) is 16.0 Å². The molecule has 0 bridgehead atoms. The van der Waals surface area contributed by atoms with Crippen molar-refractivity contribution in [3.8, 4) is 28.7 Å². The number of rotatable bonds is 7. The Morgan fingerprint density at radius 1 is 0.849 bits per heavy atom. The number of benzene rings is 3. The summed E-state index contributed by atoms with van der Waals surface area (Å²) in [4.78, 5) is 43.9. The average Bonchev–Trinajstić information content (AvgIpc) is 3.82. The minimum atomic E-state index is -0.568. The van der Waals surface area contributed by atoms with Gasteiger partial charge in [0.05, 0.1) is 30.4 Å². The van der Waals surface area contributed by atoms with E-state index in [-0.39, 0.29) is 62.8 Å². The molecule has 3 aromatic carbocycles. The van der Waals surface area contributed by atoms with E-state index in [0.717, 1.165) is 12.8 Å². The van der Waals surface area contributed by atoms with Crippen LogP contribution in [-0.2, 0) is 4.74 Å². The molecule has 0 saturated heterocycles. The van der Waals surface area contributed by atoms with Gasteiger partial charge in [-0.25, -0.2) is 9.59 Å². The maximum Gasteiger partial charge on any atom is 0.323 e. The number of nitrogens with one attached hydrogen (secondary N) is 3. The lowest BCUT2D eigenvalue weighted by atomic mass is 10.0. The number of anilines is 3. The highest BCUT2D eigenvalue weighted by Gasteiger charge is 2.31. The molecular formula is C38H47N5O10. The molecule has 5 amide bonds. The van der Waals surface area contributed by atoms with Gasteiger partial charge in [0.15, 0.2) is 23.0 Å². The lowest BCUT2D eigenvalue weighted by Gasteiger charge is -2.35. The number of aliphatic hydroxyl groups is 1. The van der Waals surface area contributed by atoms with Gasteiger partial charge in [-0.05, 0) is 75.6 Å². The summed E-state index contributed by atoms with van der Waals surface area (Å²) in [6.45, 7) is 6.54. The second-order valence-corrected chi connectivity index (χ2v) is 13.5. The van der Waals surface area contributed by atoms with Gasteiger partial charge in [-0.15, -0.1) is 0 Å². The zero-order valence-electron chi connectivity index (χ0n) is 30.4. The summed E-state index contributed by atoms with van der Waals surface area (Å²) < 4.78 is 34.3. The van der Waals surface area contributed by atoms with Gasteiger partial charge < -0.3 is 59.3 Å². The highest BCUT2D eigenvalue weighted by atomic mass is 16.7. The minimum absolute atomic E-state index is 0.116. The SMILES string of the molecule is C[C@@H]1CCCCO[C@@H](CN(C)C(=O)Nc2ccc3c(c2)OCO3)[C@H](C)CN([C@H](C)CO)C(=O)c2cc(NC(=O)Nc3ccc4c(c3)OCO4)ccc2O1. The third kappa shape index (κ3) is 9.34. The maximum absolute atomic E-state index is 14.5. The Kier molecular flexibility index (Phi) is 11.9. The van der Waals surface area contributed by atoms with Gasteiger partial charge in [0.25, 0.3) is 5.91 Å². The van der Waals surface area contributed by atoms with Gasteiger partial charge >= 0.3 is 12.1 Å². The van der Waals surface area contributed by atoms with Crippen molar-refractivity contribution < 1.29 is 47.9 Å². The van der Waals surface area contributed by atoms with Crippen molar-refractivity contribution >= 4 is 35.0 Å². The normalized spacial score (nSPS) is 20.4. The molecule has 15 nitrogen and oxygen atoms in total. The van der Waals surface area contributed by atoms with Crippen molar-refractivity contribution in [2.24, 2.45) is 5.92 Å². The minimum Gasteiger partial charge on any atom is -0.490 e. The summed E-state index contributed by atoms with van der Waals surface area (Å²) in [5.41, 5.74) is 1.67. The predicted molar refractivity (Wildman–Crippen MR) is 196 cm³/mol. The molecule has 0 aliphatic carbocycles. The van der Waals surface area contributed by atoms with Gasteiger partial charge in [0, 0.05) is 61.9 Å². The summed E-state index contributed by atoms with van der Waals surface area (Å²) in [7, 11) is 1.69. The number of ether oxygens (including phenoxy) is 6. The largest absolute Gasteiger partial charge is 0.490 e. The Balaban J connectivity index is 1.19. The molecule has 0 saturated carbocycles. The first-order chi connectivity index (χ1) is 25.6. The molecule has 284 valence electrons. The fourth-order valence-corrected chi connectivity index (χ4v) is 6.28. The molecule has 4 atom stereocenters. The molecular weight excluding hydrogens is 686 g/mol. The summed E-state index contributed by atoms with van der Waals surface area (Å²) >= 11 is 0. The van der Waals surface area contributed by atoms with Crippen LogP contribution in [0.5, 0.6) is 28.7 Å². The number of hydrogen-bond donors (Lipinski definition) is 4. The molecule has 3 aromatic rings. The smallest absolute Gasteiger partial charge is 0.323 e. The van der Waals surface area contributed by atoms with Crippen LogP contribution in [0.1, 0.15) is 50.4 Å². The van der Waals surface area contributed by atoms with Crippen LogP contribution in [0.15, 0.2) is 54.6 Å². The number of likely N-dealkylation sites (N-methyl/N-ethyl adjacent to an activating group) is 1. The molecule has 4 N–H and O–H groups in total. The van der Waals surface area contributed by atoms with E-state index in [9.17, 15) is 19.5 Å². The third-order valence-corrected chi connectivity index (χ3v) is 9.36. The van der Waals surface area contributed by atoms with Crippen molar-refractivity contribution in [2.75, 3.05) is 62.9 Å². The topological polar surface area (TPSA) is 169 Å². The van der Waals surface area contributed by atoms with E-state index in [1.807, 2.05) is 13.8 Å². The molecule has 3 aliphatic rings. The number of hydrogen-bond acceptors (Lipinski definition) is 10. The molecule has 0 radical (unpaired) electrons. The van der Waals surface area contributed by atoms with Gasteiger partial charge in [0.1, 0.15) is 5.75 Å². The van der Waals surface area contributed by atoms with E-state index in [4.69, 9.17) is 28.4 Å². The molecule has 0 aromatic heterocycles. The van der Waals surface area contributed by atoms with Crippen LogP contribution in [0.2, 0.25) is 0 Å². The molecule has 0 spiro atoms. The molecule has 3 aliphatic heterocycles. The van der Waals surface area contributed by atoms with Gasteiger partial charge in [-0.2, -0.15) is 0 Å². The zero-order valence-corrected chi connectivity index (χ0v) is 30.4. The van der Waals surface area contributed by atoms with Crippen molar-refractivity contribution in [3.63, 3.8) is 0 Å². The number of nitrogens with zero attached hydrogens (tertiary/aromatic N) is 2. The molecule has 15 heteroatoms.